The zero-order chi connectivity index (χ0) is 15.6. The van der Waals surface area contributed by atoms with Crippen LogP contribution in [0.2, 0.25) is 10.0 Å². The number of amides is 1. The fourth-order valence-corrected chi connectivity index (χ4v) is 3.87. The maximum Gasteiger partial charge on any atom is 0.263 e. The molecule has 6 heteroatoms. The number of halogens is 2. The number of fused-ring (bicyclic) bond motifs is 1. The molecule has 1 aromatic carbocycles. The van der Waals surface area contributed by atoms with Crippen molar-refractivity contribution in [3.8, 4) is 0 Å². The van der Waals surface area contributed by atoms with E-state index in [1.54, 1.807) is 25.1 Å². The number of nitrogens with one attached hydrogen (secondary N) is 1. The summed E-state index contributed by atoms with van der Waals surface area (Å²) in [5.41, 5.74) is -0.906. The van der Waals surface area contributed by atoms with Crippen LogP contribution in [0, 0.1) is 0 Å². The molecule has 1 heterocycles. The summed E-state index contributed by atoms with van der Waals surface area (Å²) in [5, 5.41) is 14.7. The monoisotopic (exact) mass is 345 g/mol. The summed E-state index contributed by atoms with van der Waals surface area (Å²) in [6.45, 7) is 3.90. The molecule has 0 radical (unpaired) electrons. The van der Waals surface area contributed by atoms with Gasteiger partial charge < -0.3 is 10.4 Å². The third-order valence-electron chi connectivity index (χ3n) is 3.22. The summed E-state index contributed by atoms with van der Waals surface area (Å²) < 4.78 is 0.873. The molecule has 0 aliphatic carbocycles. The van der Waals surface area contributed by atoms with Gasteiger partial charge in [-0.05, 0) is 25.5 Å². The van der Waals surface area contributed by atoms with Gasteiger partial charge in [0.25, 0.3) is 5.91 Å². The highest BCUT2D eigenvalue weighted by Gasteiger charge is 2.22. The highest BCUT2D eigenvalue weighted by Crippen LogP contribution is 2.36. The van der Waals surface area contributed by atoms with Crippen molar-refractivity contribution in [1.82, 2.24) is 5.32 Å². The molecule has 21 heavy (non-hydrogen) atoms. The lowest BCUT2D eigenvalue weighted by molar-refractivity contribution is 0.0470. The predicted molar refractivity (Wildman–Crippen MR) is 89.7 cm³/mol. The molecule has 0 saturated carbocycles. The maximum atomic E-state index is 12.2. The molecule has 0 spiro atoms. The third kappa shape index (κ3) is 3.89. The second-order valence-corrected chi connectivity index (χ2v) is 7.18. The fraction of sp³-hybridized carbons (Fsp3) is 0.400. The Morgan fingerprint density at radius 3 is 2.81 bits per heavy atom. The van der Waals surface area contributed by atoms with Crippen molar-refractivity contribution in [2.75, 3.05) is 6.54 Å². The van der Waals surface area contributed by atoms with E-state index in [4.69, 9.17) is 23.2 Å². The molecule has 114 valence electrons. The van der Waals surface area contributed by atoms with E-state index in [-0.39, 0.29) is 12.5 Å². The Labute approximate surface area is 137 Å². The zero-order valence-corrected chi connectivity index (χ0v) is 14.2. The number of rotatable bonds is 5. The lowest BCUT2D eigenvalue weighted by Gasteiger charge is -2.22. The Balaban J connectivity index is 2.18. The summed E-state index contributed by atoms with van der Waals surface area (Å²) in [6.07, 6.45) is 1.48. The van der Waals surface area contributed by atoms with E-state index in [2.05, 4.69) is 5.32 Å². The molecular weight excluding hydrogens is 329 g/mol. The highest BCUT2D eigenvalue weighted by molar-refractivity contribution is 7.21. The molecule has 0 saturated heterocycles. The minimum atomic E-state index is -0.906. The summed E-state index contributed by atoms with van der Waals surface area (Å²) in [7, 11) is 0. The molecule has 2 N–H and O–H groups in total. The van der Waals surface area contributed by atoms with E-state index >= 15 is 0 Å². The molecule has 0 fully saturated rings. The molecule has 0 bridgehead atoms. The first-order chi connectivity index (χ1) is 9.84. The second kappa shape index (κ2) is 6.53. The van der Waals surface area contributed by atoms with Gasteiger partial charge in [-0.15, -0.1) is 11.3 Å². The van der Waals surface area contributed by atoms with Crippen LogP contribution in [-0.4, -0.2) is 23.2 Å². The van der Waals surface area contributed by atoms with Crippen molar-refractivity contribution in [3.05, 3.63) is 33.1 Å². The highest BCUT2D eigenvalue weighted by atomic mass is 35.5. The molecule has 2 aromatic rings. The number of carbonyl (C=O) groups excluding carboxylic acids is 1. The average Bonchev–Trinajstić information content (AvgIpc) is 2.73. The van der Waals surface area contributed by atoms with Crippen LogP contribution in [0.15, 0.2) is 18.2 Å². The van der Waals surface area contributed by atoms with Gasteiger partial charge in [0.05, 0.1) is 10.6 Å². The number of thiophene rings is 1. The van der Waals surface area contributed by atoms with Crippen LogP contribution in [0.3, 0.4) is 0 Å². The van der Waals surface area contributed by atoms with Crippen molar-refractivity contribution >= 4 is 50.5 Å². The topological polar surface area (TPSA) is 49.3 Å². The summed E-state index contributed by atoms with van der Waals surface area (Å²) in [4.78, 5) is 12.7. The van der Waals surface area contributed by atoms with Gasteiger partial charge in [-0.2, -0.15) is 0 Å². The Bertz CT molecular complexity index is 667. The first kappa shape index (κ1) is 16.6. The van der Waals surface area contributed by atoms with Crippen molar-refractivity contribution in [2.45, 2.75) is 32.3 Å². The average molecular weight is 346 g/mol. The van der Waals surface area contributed by atoms with Crippen molar-refractivity contribution in [1.29, 1.82) is 0 Å². The molecule has 1 unspecified atom stereocenters. The van der Waals surface area contributed by atoms with Gasteiger partial charge in [-0.1, -0.05) is 42.6 Å². The zero-order valence-electron chi connectivity index (χ0n) is 11.9. The smallest absolute Gasteiger partial charge is 0.263 e. The number of benzene rings is 1. The number of hydrogen-bond donors (Lipinski definition) is 2. The Morgan fingerprint density at radius 1 is 1.43 bits per heavy atom. The fourth-order valence-electron chi connectivity index (χ4n) is 2.16. The van der Waals surface area contributed by atoms with Gasteiger partial charge >= 0.3 is 0 Å². The van der Waals surface area contributed by atoms with Crippen LogP contribution < -0.4 is 5.32 Å². The van der Waals surface area contributed by atoms with Crippen LogP contribution in [0.5, 0.6) is 0 Å². The predicted octanol–water partition coefficient (Wildman–Crippen LogP) is 4.49. The minimum Gasteiger partial charge on any atom is -0.388 e. The van der Waals surface area contributed by atoms with Crippen molar-refractivity contribution < 1.29 is 9.90 Å². The van der Waals surface area contributed by atoms with Crippen LogP contribution in [-0.2, 0) is 0 Å². The van der Waals surface area contributed by atoms with Gasteiger partial charge in [0.15, 0.2) is 0 Å². The number of hydrogen-bond acceptors (Lipinski definition) is 3. The Hall–Kier alpha value is -0.810. The lowest BCUT2D eigenvalue weighted by Crippen LogP contribution is -2.40. The SMILES string of the molecule is CCCC(C)(O)CNC(=O)c1sc2cc(Cl)ccc2c1Cl. The molecule has 1 atom stereocenters. The summed E-state index contributed by atoms with van der Waals surface area (Å²) in [6, 6.07) is 5.34. The van der Waals surface area contributed by atoms with E-state index in [1.807, 2.05) is 6.92 Å². The number of aliphatic hydroxyl groups is 1. The minimum absolute atomic E-state index is 0.199. The third-order valence-corrected chi connectivity index (χ3v) is 5.11. The first-order valence-electron chi connectivity index (χ1n) is 6.72. The van der Waals surface area contributed by atoms with Crippen LogP contribution >= 0.6 is 34.5 Å². The molecule has 1 aromatic heterocycles. The van der Waals surface area contributed by atoms with Crippen molar-refractivity contribution in [3.63, 3.8) is 0 Å². The molecule has 0 aliphatic heterocycles. The van der Waals surface area contributed by atoms with Gasteiger partial charge in [-0.25, -0.2) is 0 Å². The van der Waals surface area contributed by atoms with Crippen LogP contribution in [0.4, 0.5) is 0 Å². The molecule has 3 nitrogen and oxygen atoms in total. The van der Waals surface area contributed by atoms with E-state index in [0.717, 1.165) is 16.5 Å². The Kier molecular flexibility index (Phi) is 5.15. The van der Waals surface area contributed by atoms with Gasteiger partial charge in [0, 0.05) is 21.7 Å². The van der Waals surface area contributed by atoms with Gasteiger partial charge in [-0.3, -0.25) is 4.79 Å². The van der Waals surface area contributed by atoms with E-state index in [9.17, 15) is 9.90 Å². The van der Waals surface area contributed by atoms with Gasteiger partial charge in [0.2, 0.25) is 0 Å². The van der Waals surface area contributed by atoms with E-state index < -0.39 is 5.60 Å². The number of carbonyl (C=O) groups is 1. The van der Waals surface area contributed by atoms with Gasteiger partial charge in [0.1, 0.15) is 4.88 Å². The second-order valence-electron chi connectivity index (χ2n) is 5.32. The first-order valence-corrected chi connectivity index (χ1v) is 8.29. The molecule has 1 amide bonds. The molecular formula is C15H17Cl2NO2S. The lowest BCUT2D eigenvalue weighted by atomic mass is 10.0. The standard InChI is InChI=1S/C15H17Cl2NO2S/c1-3-6-15(2,20)8-18-14(19)13-12(17)10-5-4-9(16)7-11(10)21-13/h4-5,7,20H,3,6,8H2,1-2H3,(H,18,19). The normalized spacial score (nSPS) is 14.1. The summed E-state index contributed by atoms with van der Waals surface area (Å²) >= 11 is 13.5. The van der Waals surface area contributed by atoms with E-state index in [0.29, 0.717) is 21.3 Å². The molecule has 0 aliphatic rings. The quantitative estimate of drug-likeness (QED) is 0.838. The summed E-state index contributed by atoms with van der Waals surface area (Å²) in [5.74, 6) is -0.270. The van der Waals surface area contributed by atoms with Crippen molar-refractivity contribution in [2.24, 2.45) is 0 Å². The largest absolute Gasteiger partial charge is 0.388 e. The molecule has 2 rings (SSSR count). The van der Waals surface area contributed by atoms with E-state index in [1.165, 1.54) is 11.3 Å². The van der Waals surface area contributed by atoms with Crippen LogP contribution in [0.25, 0.3) is 10.1 Å². The van der Waals surface area contributed by atoms with Crippen LogP contribution in [0.1, 0.15) is 36.4 Å². The maximum absolute atomic E-state index is 12.2. The Morgan fingerprint density at radius 2 is 2.14 bits per heavy atom.